The number of ether oxygens (including phenoxy) is 1. The summed E-state index contributed by atoms with van der Waals surface area (Å²) in [5, 5.41) is 3.82. The fraction of sp³-hybridized carbons (Fsp3) is 0.696. The first kappa shape index (κ1) is 17.4. The number of rotatable bonds is 7. The van der Waals surface area contributed by atoms with Crippen LogP contribution in [0.15, 0.2) is 18.2 Å². The predicted molar refractivity (Wildman–Crippen MR) is 104 cm³/mol. The first-order valence-corrected chi connectivity index (χ1v) is 10.7. The number of hydrogen-bond acceptors (Lipinski definition) is 2. The van der Waals surface area contributed by atoms with Crippen LogP contribution in [0.2, 0.25) is 0 Å². The van der Waals surface area contributed by atoms with E-state index in [2.05, 4.69) is 30.4 Å². The van der Waals surface area contributed by atoms with Crippen LogP contribution in [0.4, 0.5) is 0 Å². The standard InChI is InChI=1S/C23H34NO/c1-2-3-4-5-8-15-25-19-11-10-18-16-22-20-9-6-7-12-23(20,13-14-24-22)21(18)17-19/h10-11,15,17,20,22,24H,2-9,12-14,16H2,1H3/t20-,22+,23+/m0/s1. The fourth-order valence-electron chi connectivity index (χ4n) is 5.79. The van der Waals surface area contributed by atoms with Crippen molar-refractivity contribution >= 4 is 0 Å². The van der Waals surface area contributed by atoms with E-state index in [-0.39, 0.29) is 0 Å². The molecule has 0 spiro atoms. The van der Waals surface area contributed by atoms with Crippen LogP contribution in [0.25, 0.3) is 0 Å². The van der Waals surface area contributed by atoms with Crippen molar-refractivity contribution in [2.75, 3.05) is 6.54 Å². The Morgan fingerprint density at radius 1 is 1.20 bits per heavy atom. The third kappa shape index (κ3) is 3.35. The fourth-order valence-corrected chi connectivity index (χ4v) is 5.79. The molecule has 1 saturated heterocycles. The molecular weight excluding hydrogens is 306 g/mol. The van der Waals surface area contributed by atoms with Crippen LogP contribution in [0.1, 0.15) is 82.3 Å². The number of hydrogen-bond donors (Lipinski definition) is 1. The lowest BCUT2D eigenvalue weighted by molar-refractivity contribution is 0.0795. The lowest BCUT2D eigenvalue weighted by atomic mass is 9.53. The molecule has 2 fully saturated rings. The lowest BCUT2D eigenvalue weighted by Crippen LogP contribution is -2.59. The van der Waals surface area contributed by atoms with E-state index in [1.807, 2.05) is 6.61 Å². The number of unbranched alkanes of at least 4 members (excludes halogenated alkanes) is 4. The van der Waals surface area contributed by atoms with Crippen LogP contribution in [-0.4, -0.2) is 12.6 Å². The van der Waals surface area contributed by atoms with Crippen molar-refractivity contribution in [3.8, 4) is 5.75 Å². The Hall–Kier alpha value is -1.02. The normalized spacial score (nSPS) is 30.4. The van der Waals surface area contributed by atoms with Gasteiger partial charge in [-0.3, -0.25) is 0 Å². The minimum absolute atomic E-state index is 0.433. The molecule has 25 heavy (non-hydrogen) atoms. The Bertz CT molecular complexity index is 579. The van der Waals surface area contributed by atoms with Gasteiger partial charge >= 0.3 is 0 Å². The Morgan fingerprint density at radius 3 is 3.08 bits per heavy atom. The molecule has 3 atom stereocenters. The van der Waals surface area contributed by atoms with Gasteiger partial charge in [-0.2, -0.15) is 0 Å². The molecule has 1 N–H and O–H groups in total. The maximum atomic E-state index is 6.03. The molecule has 0 aromatic heterocycles. The Labute approximate surface area is 153 Å². The Morgan fingerprint density at radius 2 is 2.16 bits per heavy atom. The highest BCUT2D eigenvalue weighted by Gasteiger charge is 2.51. The summed E-state index contributed by atoms with van der Waals surface area (Å²) in [6.45, 7) is 5.48. The van der Waals surface area contributed by atoms with Gasteiger partial charge in [0.25, 0.3) is 0 Å². The molecule has 1 aliphatic heterocycles. The zero-order valence-corrected chi connectivity index (χ0v) is 15.9. The highest BCUT2D eigenvalue weighted by molar-refractivity contribution is 5.45. The SMILES string of the molecule is CCCCCC[CH]Oc1ccc2c(c1)[C@@]13CCCC[C@H]1[C@@H](C2)NCC3. The van der Waals surface area contributed by atoms with Gasteiger partial charge in [0.15, 0.2) is 0 Å². The average Bonchev–Trinajstić information content (AvgIpc) is 2.65. The van der Waals surface area contributed by atoms with Crippen LogP contribution < -0.4 is 10.1 Å². The summed E-state index contributed by atoms with van der Waals surface area (Å²) < 4.78 is 6.03. The summed E-state index contributed by atoms with van der Waals surface area (Å²) in [6.07, 6.45) is 14.4. The second-order valence-electron chi connectivity index (χ2n) is 8.48. The van der Waals surface area contributed by atoms with Crippen molar-refractivity contribution in [3.05, 3.63) is 35.9 Å². The van der Waals surface area contributed by atoms with Gasteiger partial charge in [0.1, 0.15) is 12.4 Å². The minimum atomic E-state index is 0.433. The largest absolute Gasteiger partial charge is 0.487 e. The zero-order chi connectivity index (χ0) is 17.1. The van der Waals surface area contributed by atoms with E-state index in [0.717, 1.165) is 18.1 Å². The van der Waals surface area contributed by atoms with E-state index >= 15 is 0 Å². The third-order valence-electron chi connectivity index (χ3n) is 7.01. The van der Waals surface area contributed by atoms with Gasteiger partial charge in [-0.25, -0.2) is 0 Å². The molecule has 2 aliphatic carbocycles. The van der Waals surface area contributed by atoms with Gasteiger partial charge in [0.05, 0.1) is 0 Å². The summed E-state index contributed by atoms with van der Waals surface area (Å²) in [4.78, 5) is 0. The molecule has 2 nitrogen and oxygen atoms in total. The lowest BCUT2D eigenvalue weighted by Gasteiger charge is -2.56. The van der Waals surface area contributed by atoms with Crippen molar-refractivity contribution in [2.45, 2.75) is 89.0 Å². The van der Waals surface area contributed by atoms with E-state index in [0.29, 0.717) is 11.5 Å². The molecule has 2 heteroatoms. The number of piperidine rings is 1. The molecule has 1 aromatic rings. The first-order chi connectivity index (χ1) is 12.3. The van der Waals surface area contributed by atoms with E-state index in [1.54, 1.807) is 11.1 Å². The van der Waals surface area contributed by atoms with E-state index in [1.165, 1.54) is 70.8 Å². The highest BCUT2D eigenvalue weighted by atomic mass is 16.5. The van der Waals surface area contributed by atoms with Gasteiger partial charge < -0.3 is 10.1 Å². The Balaban J connectivity index is 1.48. The Kier molecular flexibility index (Phi) is 5.36. The summed E-state index contributed by atoms with van der Waals surface area (Å²) in [6, 6.07) is 7.65. The van der Waals surface area contributed by atoms with E-state index in [9.17, 15) is 0 Å². The van der Waals surface area contributed by atoms with Crippen molar-refractivity contribution in [1.29, 1.82) is 0 Å². The van der Waals surface area contributed by atoms with E-state index in [4.69, 9.17) is 4.74 Å². The molecule has 0 unspecified atom stereocenters. The highest BCUT2D eigenvalue weighted by Crippen LogP contribution is 2.54. The van der Waals surface area contributed by atoms with Crippen LogP contribution in [0.3, 0.4) is 0 Å². The molecule has 1 saturated carbocycles. The molecule has 1 aromatic carbocycles. The summed E-state index contributed by atoms with van der Waals surface area (Å²) in [5.74, 6) is 1.90. The molecule has 1 heterocycles. The van der Waals surface area contributed by atoms with E-state index < -0.39 is 0 Å². The molecule has 2 bridgehead atoms. The quantitative estimate of drug-likeness (QED) is 0.658. The van der Waals surface area contributed by atoms with Gasteiger partial charge in [0, 0.05) is 11.5 Å². The molecule has 0 amide bonds. The molecule has 4 rings (SSSR count). The number of benzene rings is 1. The maximum absolute atomic E-state index is 6.03. The summed E-state index contributed by atoms with van der Waals surface area (Å²) in [5.41, 5.74) is 3.64. The maximum Gasteiger partial charge on any atom is 0.135 e. The van der Waals surface area contributed by atoms with Crippen LogP contribution in [-0.2, 0) is 11.8 Å². The topological polar surface area (TPSA) is 21.3 Å². The smallest absolute Gasteiger partial charge is 0.135 e. The second kappa shape index (κ2) is 7.70. The van der Waals surface area contributed by atoms with Crippen molar-refractivity contribution < 1.29 is 4.74 Å². The first-order valence-electron chi connectivity index (χ1n) is 10.7. The van der Waals surface area contributed by atoms with Crippen molar-refractivity contribution in [2.24, 2.45) is 5.92 Å². The van der Waals surface area contributed by atoms with Crippen LogP contribution >= 0.6 is 0 Å². The average molecular weight is 341 g/mol. The number of fused-ring (bicyclic) bond motifs is 1. The minimum Gasteiger partial charge on any atom is -0.487 e. The zero-order valence-electron chi connectivity index (χ0n) is 15.9. The predicted octanol–water partition coefficient (Wildman–Crippen LogP) is 5.54. The third-order valence-corrected chi connectivity index (χ3v) is 7.01. The van der Waals surface area contributed by atoms with Gasteiger partial charge in [-0.15, -0.1) is 0 Å². The molecule has 137 valence electrons. The molecular formula is C23H34NO. The summed E-state index contributed by atoms with van der Waals surface area (Å²) in [7, 11) is 0. The second-order valence-corrected chi connectivity index (χ2v) is 8.48. The number of nitrogens with one attached hydrogen (secondary N) is 1. The summed E-state index contributed by atoms with van der Waals surface area (Å²) >= 11 is 0. The van der Waals surface area contributed by atoms with Gasteiger partial charge in [-0.05, 0) is 74.2 Å². The van der Waals surface area contributed by atoms with Crippen molar-refractivity contribution in [3.63, 3.8) is 0 Å². The monoisotopic (exact) mass is 340 g/mol. The molecule has 1 radical (unpaired) electrons. The van der Waals surface area contributed by atoms with Crippen molar-refractivity contribution in [1.82, 2.24) is 5.32 Å². The van der Waals surface area contributed by atoms with Crippen LogP contribution in [0.5, 0.6) is 5.75 Å². The van der Waals surface area contributed by atoms with Gasteiger partial charge in [0.2, 0.25) is 0 Å². The molecule has 3 aliphatic rings. The van der Waals surface area contributed by atoms with Crippen LogP contribution in [0, 0.1) is 12.5 Å². The van der Waals surface area contributed by atoms with Gasteiger partial charge in [-0.1, -0.05) is 45.1 Å².